The lowest BCUT2D eigenvalue weighted by Gasteiger charge is -2.36. The summed E-state index contributed by atoms with van der Waals surface area (Å²) in [6.45, 7) is -0.0252. The van der Waals surface area contributed by atoms with Gasteiger partial charge >= 0.3 is 0 Å². The van der Waals surface area contributed by atoms with Gasteiger partial charge in [0.25, 0.3) is 5.91 Å². The van der Waals surface area contributed by atoms with Gasteiger partial charge in [-0.2, -0.15) is 5.10 Å². The van der Waals surface area contributed by atoms with Crippen LogP contribution in [0.1, 0.15) is 28.8 Å². The molecule has 1 saturated carbocycles. The van der Waals surface area contributed by atoms with Crippen molar-refractivity contribution in [2.24, 2.45) is 5.92 Å². The SMILES string of the molecule is COc1ncc(-c2cc(Cn3cnc(-c4ccccc4)c3)c3c(N)ncnn23)cc1C(=O)N[C@@H]1CN(C(=O)C2CC(F)(F)C2)C[C@@H]1F. The number of hydrogen-bond donors (Lipinski definition) is 2. The van der Waals surface area contributed by atoms with Crippen molar-refractivity contribution in [1.82, 2.24) is 39.3 Å². The second-order valence-corrected chi connectivity index (χ2v) is 11.8. The van der Waals surface area contributed by atoms with Crippen molar-refractivity contribution in [1.29, 1.82) is 0 Å². The molecule has 3 N–H and O–H groups in total. The van der Waals surface area contributed by atoms with Crippen molar-refractivity contribution in [3.8, 4) is 28.4 Å². The summed E-state index contributed by atoms with van der Waals surface area (Å²) in [5.41, 5.74) is 10.5. The zero-order valence-corrected chi connectivity index (χ0v) is 25.2. The number of hydrogen-bond acceptors (Lipinski definition) is 8. The average Bonchev–Trinajstić information content (AvgIpc) is 3.78. The number of alkyl halides is 3. The maximum atomic E-state index is 15.0. The number of imidazole rings is 1. The van der Waals surface area contributed by atoms with Gasteiger partial charge < -0.3 is 25.3 Å². The van der Waals surface area contributed by atoms with Crippen LogP contribution in [0.5, 0.6) is 5.88 Å². The highest BCUT2D eigenvalue weighted by molar-refractivity contribution is 5.98. The Hall–Kier alpha value is -5.47. The van der Waals surface area contributed by atoms with E-state index in [2.05, 4.69) is 25.4 Å². The highest BCUT2D eigenvalue weighted by Crippen LogP contribution is 2.43. The Bertz CT molecular complexity index is 1970. The van der Waals surface area contributed by atoms with E-state index in [1.165, 1.54) is 24.5 Å². The number of rotatable bonds is 8. The maximum absolute atomic E-state index is 15.0. The number of nitrogen functional groups attached to an aromatic ring is 1. The molecular weight excluding hydrogens is 615 g/mol. The Morgan fingerprint density at radius 3 is 2.62 bits per heavy atom. The number of amides is 2. The van der Waals surface area contributed by atoms with E-state index in [4.69, 9.17) is 10.5 Å². The molecule has 1 saturated heterocycles. The number of methoxy groups -OCH3 is 1. The molecule has 2 amide bonds. The number of nitrogens with two attached hydrogens (primary N) is 1. The van der Waals surface area contributed by atoms with E-state index in [-0.39, 0.29) is 30.4 Å². The minimum atomic E-state index is -2.87. The molecule has 12 nitrogen and oxygen atoms in total. The molecule has 0 spiro atoms. The predicted octanol–water partition coefficient (Wildman–Crippen LogP) is 3.62. The van der Waals surface area contributed by atoms with Crippen LogP contribution in [0.15, 0.2) is 67.5 Å². The lowest BCUT2D eigenvalue weighted by atomic mass is 9.80. The minimum absolute atomic E-state index is 0.00590. The van der Waals surface area contributed by atoms with Crippen LogP contribution in [0.25, 0.3) is 28.0 Å². The highest BCUT2D eigenvalue weighted by atomic mass is 19.3. The monoisotopic (exact) mass is 645 g/mol. The molecule has 0 unspecified atom stereocenters. The molecule has 0 bridgehead atoms. The minimum Gasteiger partial charge on any atom is -0.480 e. The highest BCUT2D eigenvalue weighted by Gasteiger charge is 2.51. The van der Waals surface area contributed by atoms with Crippen molar-refractivity contribution in [3.63, 3.8) is 0 Å². The van der Waals surface area contributed by atoms with E-state index in [1.807, 2.05) is 47.2 Å². The summed E-state index contributed by atoms with van der Waals surface area (Å²) in [6, 6.07) is 12.2. The summed E-state index contributed by atoms with van der Waals surface area (Å²) in [7, 11) is 1.36. The summed E-state index contributed by atoms with van der Waals surface area (Å²) in [4.78, 5) is 40.4. The predicted molar refractivity (Wildman–Crippen MR) is 164 cm³/mol. The molecule has 47 heavy (non-hydrogen) atoms. The molecule has 15 heteroatoms. The van der Waals surface area contributed by atoms with E-state index < -0.39 is 48.7 Å². The Kier molecular flexibility index (Phi) is 7.53. The van der Waals surface area contributed by atoms with Crippen LogP contribution in [0.3, 0.4) is 0 Å². The Balaban J connectivity index is 1.14. The Morgan fingerprint density at radius 1 is 1.09 bits per heavy atom. The fourth-order valence-corrected chi connectivity index (χ4v) is 6.21. The maximum Gasteiger partial charge on any atom is 0.257 e. The van der Waals surface area contributed by atoms with Crippen LogP contribution in [-0.4, -0.2) is 84.2 Å². The third kappa shape index (κ3) is 5.72. The summed E-state index contributed by atoms with van der Waals surface area (Å²) in [5.74, 6) is -4.65. The number of likely N-dealkylation sites (tertiary alicyclic amines) is 1. The van der Waals surface area contributed by atoms with Gasteiger partial charge in [-0.3, -0.25) is 9.59 Å². The molecule has 5 heterocycles. The number of anilines is 1. The first-order chi connectivity index (χ1) is 22.6. The van der Waals surface area contributed by atoms with Crippen LogP contribution >= 0.6 is 0 Å². The smallest absolute Gasteiger partial charge is 0.257 e. The van der Waals surface area contributed by atoms with E-state index in [9.17, 15) is 22.8 Å². The van der Waals surface area contributed by atoms with Crippen LogP contribution in [0, 0.1) is 5.92 Å². The molecule has 5 aromatic rings. The molecule has 2 atom stereocenters. The van der Waals surface area contributed by atoms with Gasteiger partial charge in [0.15, 0.2) is 5.82 Å². The molecule has 1 aromatic carbocycles. The zero-order valence-electron chi connectivity index (χ0n) is 25.2. The second-order valence-electron chi connectivity index (χ2n) is 11.8. The number of aromatic nitrogens is 6. The number of carbonyl (C=O) groups excluding carboxylic acids is 2. The summed E-state index contributed by atoms with van der Waals surface area (Å²) in [5, 5.41) is 7.05. The normalized spacial score (nSPS) is 19.1. The number of nitrogens with zero attached hydrogens (tertiary/aromatic N) is 7. The molecule has 0 radical (unpaired) electrons. The quantitative estimate of drug-likeness (QED) is 0.260. The first kappa shape index (κ1) is 30.2. The van der Waals surface area contributed by atoms with Gasteiger partial charge in [-0.05, 0) is 12.1 Å². The molecule has 2 fully saturated rings. The van der Waals surface area contributed by atoms with E-state index in [0.717, 1.165) is 16.8 Å². The van der Waals surface area contributed by atoms with Crippen LogP contribution in [0.2, 0.25) is 0 Å². The summed E-state index contributed by atoms with van der Waals surface area (Å²) >= 11 is 0. The van der Waals surface area contributed by atoms with Gasteiger partial charge in [0.2, 0.25) is 17.7 Å². The summed E-state index contributed by atoms with van der Waals surface area (Å²) < 4.78 is 50.5. The molecule has 2 aliphatic rings. The van der Waals surface area contributed by atoms with E-state index in [0.29, 0.717) is 23.3 Å². The zero-order chi connectivity index (χ0) is 32.9. The van der Waals surface area contributed by atoms with Gasteiger partial charge in [-0.25, -0.2) is 32.6 Å². The van der Waals surface area contributed by atoms with E-state index >= 15 is 0 Å². The summed E-state index contributed by atoms with van der Waals surface area (Å²) in [6.07, 6.45) is 3.82. The third-order valence-corrected chi connectivity index (χ3v) is 8.62. The van der Waals surface area contributed by atoms with Gasteiger partial charge in [0.1, 0.15) is 23.6 Å². The van der Waals surface area contributed by atoms with Crippen LogP contribution in [-0.2, 0) is 11.3 Å². The van der Waals surface area contributed by atoms with Crippen molar-refractivity contribution >= 4 is 23.1 Å². The fourth-order valence-electron chi connectivity index (χ4n) is 6.21. The lowest BCUT2D eigenvalue weighted by Crippen LogP contribution is -2.47. The number of ether oxygens (including phenoxy) is 1. The van der Waals surface area contributed by atoms with E-state index in [1.54, 1.807) is 16.9 Å². The Morgan fingerprint density at radius 2 is 1.87 bits per heavy atom. The van der Waals surface area contributed by atoms with Crippen molar-refractivity contribution in [2.45, 2.75) is 37.5 Å². The molecule has 1 aliphatic carbocycles. The average molecular weight is 646 g/mol. The van der Waals surface area contributed by atoms with Gasteiger partial charge in [-0.15, -0.1) is 0 Å². The first-order valence-electron chi connectivity index (χ1n) is 14.9. The number of nitrogens with one attached hydrogen (secondary N) is 1. The Labute approximate surface area is 266 Å². The molecule has 242 valence electrons. The van der Waals surface area contributed by atoms with Crippen molar-refractivity contribution < 1.29 is 27.5 Å². The molecular formula is C32H30F3N9O3. The largest absolute Gasteiger partial charge is 0.480 e. The number of pyridine rings is 1. The van der Waals surface area contributed by atoms with Crippen LogP contribution in [0.4, 0.5) is 19.0 Å². The second kappa shape index (κ2) is 11.7. The van der Waals surface area contributed by atoms with Crippen molar-refractivity contribution in [2.75, 3.05) is 25.9 Å². The molecule has 7 rings (SSSR count). The third-order valence-electron chi connectivity index (χ3n) is 8.62. The molecule has 1 aliphatic heterocycles. The van der Waals surface area contributed by atoms with Gasteiger partial charge in [0.05, 0.1) is 44.0 Å². The fraction of sp³-hybridized carbons (Fsp3) is 0.312. The first-order valence-corrected chi connectivity index (χ1v) is 14.9. The van der Waals surface area contributed by atoms with Gasteiger partial charge in [0, 0.05) is 54.4 Å². The van der Waals surface area contributed by atoms with Crippen molar-refractivity contribution in [3.05, 3.63) is 78.6 Å². The number of halogens is 3. The number of carbonyl (C=O) groups is 2. The molecule has 4 aromatic heterocycles. The van der Waals surface area contributed by atoms with Gasteiger partial charge in [-0.1, -0.05) is 30.3 Å². The number of fused-ring (bicyclic) bond motifs is 1. The lowest BCUT2D eigenvalue weighted by molar-refractivity contribution is -0.159. The topological polar surface area (TPSA) is 146 Å². The van der Waals surface area contributed by atoms with Crippen LogP contribution < -0.4 is 15.8 Å². The number of benzene rings is 1. The standard InChI is InChI=1S/C32H30F3N9O3/c1-47-30-22(29(45)41-25-15-43(13-23(25)33)31(46)21-9-32(34,35)10-21)7-19(11-37-30)26-8-20(27-28(36)38-16-40-44(26)27)12-42-14-24(39-17-42)18-5-3-2-4-6-18/h2-8,11,14,16-17,21,23,25H,9-10,12-13,15H2,1H3,(H,41,45)(H2,36,38,40)/t23-,25+/m0/s1.